The molecule has 130 valence electrons. The summed E-state index contributed by atoms with van der Waals surface area (Å²) in [5.41, 5.74) is -2.98. The first kappa shape index (κ1) is 17.7. The minimum absolute atomic E-state index is 0.0785. The zero-order chi connectivity index (χ0) is 17.5. The number of carbonyl (C=O) groups excluding carboxylic acids is 1. The molecular formula is C14H21F3N4O2. The number of aromatic nitrogens is 3. The monoisotopic (exact) mass is 334 g/mol. The summed E-state index contributed by atoms with van der Waals surface area (Å²) in [5, 5.41) is 17.5. The highest BCUT2D eigenvalue weighted by atomic mass is 19.4. The van der Waals surface area contributed by atoms with Crippen LogP contribution < -0.4 is 0 Å². The number of nitrogens with zero attached hydrogens (tertiary/aromatic N) is 4. The van der Waals surface area contributed by atoms with E-state index in [0.717, 1.165) is 0 Å². The van der Waals surface area contributed by atoms with Crippen LogP contribution in [0, 0.1) is 0 Å². The molecule has 0 bridgehead atoms. The summed E-state index contributed by atoms with van der Waals surface area (Å²) in [7, 11) is 0. The summed E-state index contributed by atoms with van der Waals surface area (Å²) in [4.78, 5) is 13.7. The number of hydrogen-bond donors (Lipinski definition) is 1. The van der Waals surface area contributed by atoms with E-state index in [9.17, 15) is 23.1 Å². The number of hydrogen-bond acceptors (Lipinski definition) is 4. The smallest absolute Gasteiger partial charge is 0.380 e. The Morgan fingerprint density at radius 3 is 2.43 bits per heavy atom. The number of aliphatic hydroxyl groups is 1. The van der Waals surface area contributed by atoms with E-state index in [0.29, 0.717) is 0 Å². The second kappa shape index (κ2) is 5.77. The van der Waals surface area contributed by atoms with Gasteiger partial charge in [-0.1, -0.05) is 5.21 Å². The molecule has 2 heterocycles. The highest BCUT2D eigenvalue weighted by molar-refractivity contribution is 5.91. The molecule has 6 nitrogen and oxygen atoms in total. The van der Waals surface area contributed by atoms with Crippen molar-refractivity contribution in [3.8, 4) is 0 Å². The molecule has 1 aliphatic rings. The van der Waals surface area contributed by atoms with E-state index < -0.39 is 30.5 Å². The normalized spacial score (nSPS) is 23.7. The van der Waals surface area contributed by atoms with Crippen molar-refractivity contribution in [2.45, 2.75) is 57.3 Å². The molecule has 1 aliphatic heterocycles. The van der Waals surface area contributed by atoms with Gasteiger partial charge < -0.3 is 10.0 Å². The van der Waals surface area contributed by atoms with Gasteiger partial charge in [0.25, 0.3) is 5.91 Å². The van der Waals surface area contributed by atoms with Crippen LogP contribution in [0.2, 0.25) is 0 Å². The van der Waals surface area contributed by atoms with Gasteiger partial charge in [-0.05, 0) is 33.6 Å². The van der Waals surface area contributed by atoms with Crippen LogP contribution in [0.25, 0.3) is 0 Å². The molecule has 23 heavy (non-hydrogen) atoms. The molecule has 1 aromatic rings. The molecule has 0 aromatic carbocycles. The topological polar surface area (TPSA) is 71.2 Å². The van der Waals surface area contributed by atoms with E-state index in [1.165, 1.54) is 15.8 Å². The Bertz CT molecular complexity index is 579. The van der Waals surface area contributed by atoms with Crippen LogP contribution in [0.1, 0.15) is 50.5 Å². The maximum absolute atomic E-state index is 12.9. The maximum atomic E-state index is 12.9. The Morgan fingerprint density at radius 2 is 1.91 bits per heavy atom. The largest absolute Gasteiger partial charge is 0.417 e. The Hall–Kier alpha value is -1.64. The molecule has 1 N–H and O–H groups in total. The predicted octanol–water partition coefficient (Wildman–Crippen LogP) is 1.95. The van der Waals surface area contributed by atoms with Crippen LogP contribution in [0.15, 0.2) is 6.20 Å². The lowest BCUT2D eigenvalue weighted by Crippen LogP contribution is -2.46. The molecule has 1 saturated heterocycles. The van der Waals surface area contributed by atoms with Gasteiger partial charge in [-0.3, -0.25) is 4.79 Å². The van der Waals surface area contributed by atoms with Gasteiger partial charge in [0.2, 0.25) is 0 Å². The van der Waals surface area contributed by atoms with Crippen LogP contribution in [0.3, 0.4) is 0 Å². The van der Waals surface area contributed by atoms with Gasteiger partial charge in [-0.15, -0.1) is 5.10 Å². The van der Waals surface area contributed by atoms with Crippen LogP contribution in [0.5, 0.6) is 0 Å². The van der Waals surface area contributed by atoms with E-state index in [2.05, 4.69) is 10.3 Å². The first-order valence-electron chi connectivity index (χ1n) is 7.45. The van der Waals surface area contributed by atoms with Crippen molar-refractivity contribution in [2.75, 3.05) is 13.1 Å². The van der Waals surface area contributed by atoms with Gasteiger partial charge >= 0.3 is 6.18 Å². The fourth-order valence-electron chi connectivity index (χ4n) is 2.46. The van der Waals surface area contributed by atoms with Crippen molar-refractivity contribution in [1.82, 2.24) is 19.9 Å². The fraction of sp³-hybridized carbons (Fsp3) is 0.786. The van der Waals surface area contributed by atoms with Crippen molar-refractivity contribution >= 4 is 5.91 Å². The molecular weight excluding hydrogens is 313 g/mol. The summed E-state index contributed by atoms with van der Waals surface area (Å²) in [6.07, 6.45) is -4.07. The number of alkyl halides is 3. The fourth-order valence-corrected chi connectivity index (χ4v) is 2.46. The highest BCUT2D eigenvalue weighted by Gasteiger charge is 2.53. The molecule has 0 radical (unpaired) electrons. The lowest BCUT2D eigenvalue weighted by Gasteiger charge is -2.29. The summed E-state index contributed by atoms with van der Waals surface area (Å²) in [5.74, 6) is -0.466. The third-order valence-corrected chi connectivity index (χ3v) is 4.03. The van der Waals surface area contributed by atoms with Crippen molar-refractivity contribution in [2.24, 2.45) is 0 Å². The first-order valence-corrected chi connectivity index (χ1v) is 7.45. The number of likely N-dealkylation sites (tertiary alicyclic amines) is 1. The third-order valence-electron chi connectivity index (χ3n) is 4.03. The summed E-state index contributed by atoms with van der Waals surface area (Å²) < 4.78 is 40.3. The number of rotatable bonds is 1. The molecule has 1 atom stereocenters. The summed E-state index contributed by atoms with van der Waals surface area (Å²) in [6.45, 7) is 5.67. The molecule has 9 heteroatoms. The second-order valence-corrected chi connectivity index (χ2v) is 6.89. The first-order chi connectivity index (χ1) is 10.4. The summed E-state index contributed by atoms with van der Waals surface area (Å²) >= 11 is 0. The standard InChI is InChI=1S/C14H21F3N4O2/c1-12(2,3)21-9-10(18-19-21)11(22)20-7-4-5-13(23,6-8-20)14(15,16)17/h9,23H,4-8H2,1-3H3. The van der Waals surface area contributed by atoms with Crippen LogP contribution in [0.4, 0.5) is 13.2 Å². The average molecular weight is 334 g/mol. The zero-order valence-corrected chi connectivity index (χ0v) is 13.4. The number of amides is 1. The maximum Gasteiger partial charge on any atom is 0.417 e. The molecule has 0 saturated carbocycles. The van der Waals surface area contributed by atoms with E-state index in [1.54, 1.807) is 0 Å². The van der Waals surface area contributed by atoms with Gasteiger partial charge in [0, 0.05) is 19.5 Å². The molecule has 1 amide bonds. The van der Waals surface area contributed by atoms with Gasteiger partial charge in [0.15, 0.2) is 11.3 Å². The molecule has 1 aromatic heterocycles. The number of halogens is 3. The second-order valence-electron chi connectivity index (χ2n) is 6.89. The average Bonchev–Trinajstić information content (AvgIpc) is 2.82. The van der Waals surface area contributed by atoms with Gasteiger partial charge in [0.05, 0.1) is 11.7 Å². The van der Waals surface area contributed by atoms with Crippen LogP contribution in [-0.2, 0) is 5.54 Å². The lowest BCUT2D eigenvalue weighted by atomic mass is 9.94. The molecule has 2 rings (SSSR count). The zero-order valence-electron chi connectivity index (χ0n) is 13.4. The van der Waals surface area contributed by atoms with E-state index in [1.807, 2.05) is 20.8 Å². The Morgan fingerprint density at radius 1 is 1.26 bits per heavy atom. The summed E-state index contributed by atoms with van der Waals surface area (Å²) in [6, 6.07) is 0. The molecule has 1 unspecified atom stereocenters. The predicted molar refractivity (Wildman–Crippen MR) is 75.8 cm³/mol. The minimum Gasteiger partial charge on any atom is -0.380 e. The Kier molecular flexibility index (Phi) is 4.44. The molecule has 0 spiro atoms. The van der Waals surface area contributed by atoms with Gasteiger partial charge in [0.1, 0.15) is 0 Å². The highest BCUT2D eigenvalue weighted by Crippen LogP contribution is 2.38. The van der Waals surface area contributed by atoms with Crippen molar-refractivity contribution in [3.05, 3.63) is 11.9 Å². The van der Waals surface area contributed by atoms with E-state index >= 15 is 0 Å². The number of carbonyl (C=O) groups is 1. The van der Waals surface area contributed by atoms with E-state index in [-0.39, 0.29) is 30.7 Å². The Balaban J connectivity index is 2.11. The third kappa shape index (κ3) is 3.65. The van der Waals surface area contributed by atoms with Gasteiger partial charge in [-0.25, -0.2) is 4.68 Å². The van der Waals surface area contributed by atoms with Crippen molar-refractivity contribution in [3.63, 3.8) is 0 Å². The quantitative estimate of drug-likeness (QED) is 0.852. The van der Waals surface area contributed by atoms with Crippen LogP contribution >= 0.6 is 0 Å². The minimum atomic E-state index is -4.69. The van der Waals surface area contributed by atoms with Gasteiger partial charge in [-0.2, -0.15) is 13.2 Å². The van der Waals surface area contributed by atoms with E-state index in [4.69, 9.17) is 0 Å². The molecule has 1 fully saturated rings. The van der Waals surface area contributed by atoms with Crippen LogP contribution in [-0.4, -0.2) is 55.8 Å². The lowest BCUT2D eigenvalue weighted by molar-refractivity contribution is -0.263. The van der Waals surface area contributed by atoms with Crippen molar-refractivity contribution in [1.29, 1.82) is 0 Å². The molecule has 0 aliphatic carbocycles. The Labute approximate surface area is 132 Å². The van der Waals surface area contributed by atoms with Crippen molar-refractivity contribution < 1.29 is 23.1 Å². The SMILES string of the molecule is CC(C)(C)n1cc(C(=O)N2CCCC(O)(C(F)(F)F)CC2)nn1.